The smallest absolute Gasteiger partial charge is 0.160 e. The van der Waals surface area contributed by atoms with Crippen molar-refractivity contribution in [2.24, 2.45) is 0 Å². The van der Waals surface area contributed by atoms with Gasteiger partial charge in [-0.3, -0.25) is 0 Å². The van der Waals surface area contributed by atoms with E-state index in [1.807, 2.05) is 24.3 Å². The Labute approximate surface area is 331 Å². The molecule has 3 heteroatoms. The maximum atomic E-state index is 6.59. The molecule has 0 aliphatic carbocycles. The van der Waals surface area contributed by atoms with Gasteiger partial charge in [-0.1, -0.05) is 176 Å². The summed E-state index contributed by atoms with van der Waals surface area (Å²) in [5, 5.41) is 4.81. The number of ether oxygens (including phenoxy) is 1. The fourth-order valence-electron chi connectivity index (χ4n) is 8.18. The minimum atomic E-state index is 0.701. The molecule has 0 saturated carbocycles. The van der Waals surface area contributed by atoms with Crippen molar-refractivity contribution >= 4 is 21.5 Å². The molecular formula is C54H34N2O. The van der Waals surface area contributed by atoms with Crippen molar-refractivity contribution in [1.29, 1.82) is 0 Å². The second-order valence-electron chi connectivity index (χ2n) is 14.6. The van der Waals surface area contributed by atoms with E-state index >= 15 is 0 Å². The Morgan fingerprint density at radius 3 is 1.58 bits per heavy atom. The van der Waals surface area contributed by atoms with Crippen LogP contribution in [0, 0.1) is 0 Å². The van der Waals surface area contributed by atoms with E-state index in [2.05, 4.69) is 182 Å². The van der Waals surface area contributed by atoms with Gasteiger partial charge in [-0.2, -0.15) is 0 Å². The minimum Gasteiger partial charge on any atom is -0.456 e. The summed E-state index contributed by atoms with van der Waals surface area (Å²) in [4.78, 5) is 10.1. The van der Waals surface area contributed by atoms with E-state index in [0.29, 0.717) is 5.82 Å². The largest absolute Gasteiger partial charge is 0.456 e. The van der Waals surface area contributed by atoms with Gasteiger partial charge in [0, 0.05) is 27.6 Å². The van der Waals surface area contributed by atoms with E-state index in [4.69, 9.17) is 14.7 Å². The summed E-state index contributed by atoms with van der Waals surface area (Å²) < 4.78 is 6.59. The molecule has 0 saturated heterocycles. The highest BCUT2D eigenvalue weighted by Gasteiger charge is 2.22. The molecule has 0 atom stereocenters. The number of nitrogens with zero attached hydrogens (tertiary/aromatic N) is 2. The molecule has 1 aromatic heterocycles. The van der Waals surface area contributed by atoms with Gasteiger partial charge < -0.3 is 4.74 Å². The molecule has 57 heavy (non-hydrogen) atoms. The maximum Gasteiger partial charge on any atom is 0.160 e. The Morgan fingerprint density at radius 2 is 0.860 bits per heavy atom. The molecule has 10 aromatic rings. The van der Waals surface area contributed by atoms with Gasteiger partial charge >= 0.3 is 0 Å². The van der Waals surface area contributed by atoms with Crippen molar-refractivity contribution in [3.8, 4) is 89.9 Å². The van der Waals surface area contributed by atoms with Crippen LogP contribution >= 0.6 is 0 Å². The lowest BCUT2D eigenvalue weighted by molar-refractivity contribution is 0.487. The average Bonchev–Trinajstić information content (AvgIpc) is 3.29. The zero-order chi connectivity index (χ0) is 37.7. The Hall–Kier alpha value is -7.62. The molecule has 0 fully saturated rings. The van der Waals surface area contributed by atoms with Gasteiger partial charge in [0.2, 0.25) is 0 Å². The van der Waals surface area contributed by atoms with E-state index in [1.54, 1.807) is 0 Å². The highest BCUT2D eigenvalue weighted by Crippen LogP contribution is 2.49. The van der Waals surface area contributed by atoms with Gasteiger partial charge in [0.1, 0.15) is 11.5 Å². The van der Waals surface area contributed by atoms with E-state index in [9.17, 15) is 0 Å². The highest BCUT2D eigenvalue weighted by atomic mass is 16.5. The summed E-state index contributed by atoms with van der Waals surface area (Å²) in [5.41, 5.74) is 14.1. The minimum absolute atomic E-state index is 0.701. The molecule has 0 amide bonds. The summed E-state index contributed by atoms with van der Waals surface area (Å²) in [6, 6.07) is 72.7. The van der Waals surface area contributed by atoms with Gasteiger partial charge in [0.25, 0.3) is 0 Å². The first-order valence-corrected chi connectivity index (χ1v) is 19.3. The molecule has 0 unspecified atom stereocenters. The van der Waals surface area contributed by atoms with Crippen LogP contribution in [0.4, 0.5) is 0 Å². The Bertz CT molecular complexity index is 3120. The number of fused-ring (bicyclic) bond motifs is 3. The van der Waals surface area contributed by atoms with Crippen molar-refractivity contribution in [3.63, 3.8) is 0 Å². The first-order valence-electron chi connectivity index (χ1n) is 19.3. The third-order valence-electron chi connectivity index (χ3n) is 11.1. The molecular weight excluding hydrogens is 693 g/mol. The van der Waals surface area contributed by atoms with Crippen molar-refractivity contribution in [1.82, 2.24) is 9.97 Å². The van der Waals surface area contributed by atoms with Gasteiger partial charge in [0.05, 0.1) is 11.4 Å². The molecule has 2 heterocycles. The summed E-state index contributed by atoms with van der Waals surface area (Å²) >= 11 is 0. The maximum absolute atomic E-state index is 6.59. The predicted molar refractivity (Wildman–Crippen MR) is 235 cm³/mol. The van der Waals surface area contributed by atoms with E-state index in [1.165, 1.54) is 44.0 Å². The zero-order valence-electron chi connectivity index (χ0n) is 30.9. The van der Waals surface area contributed by atoms with Crippen LogP contribution in [0.15, 0.2) is 206 Å². The standard InChI is InChI=1S/C54H34N2O/c1-3-10-35(11-4-1)37-18-23-39(24-19-37)49-34-50(56-54(55-49)41-13-5-2-6-14-41)40-25-20-38(21-26-40)43-28-30-51-48(33-43)47-17-9-16-46-45(29-31-52(57-51)53(46)47)44-27-22-36-12-7-8-15-42(36)32-44/h1-34H. The molecule has 0 N–H and O–H groups in total. The van der Waals surface area contributed by atoms with Crippen LogP contribution in [0.25, 0.3) is 100.0 Å². The summed E-state index contributed by atoms with van der Waals surface area (Å²) in [6.07, 6.45) is 0. The lowest BCUT2D eigenvalue weighted by Gasteiger charge is -2.23. The predicted octanol–water partition coefficient (Wildman–Crippen LogP) is 14.6. The Balaban J connectivity index is 0.946. The molecule has 3 nitrogen and oxygen atoms in total. The first kappa shape index (κ1) is 32.8. The van der Waals surface area contributed by atoms with Gasteiger partial charge in [0.15, 0.2) is 5.82 Å². The number of hydrogen-bond donors (Lipinski definition) is 0. The summed E-state index contributed by atoms with van der Waals surface area (Å²) in [7, 11) is 0. The second kappa shape index (κ2) is 13.6. The van der Waals surface area contributed by atoms with Gasteiger partial charge in [-0.25, -0.2) is 9.97 Å². The Kier molecular flexibility index (Phi) is 7.82. The lowest BCUT2D eigenvalue weighted by atomic mass is 9.89. The molecule has 266 valence electrons. The lowest BCUT2D eigenvalue weighted by Crippen LogP contribution is -1.98. The summed E-state index contributed by atoms with van der Waals surface area (Å²) in [6.45, 7) is 0. The highest BCUT2D eigenvalue weighted by molar-refractivity contribution is 6.10. The van der Waals surface area contributed by atoms with Crippen LogP contribution in [0.1, 0.15) is 0 Å². The molecule has 0 radical (unpaired) electrons. The van der Waals surface area contributed by atoms with E-state index in [-0.39, 0.29) is 0 Å². The van der Waals surface area contributed by atoms with Crippen LogP contribution in [0.3, 0.4) is 0 Å². The third kappa shape index (κ3) is 5.94. The van der Waals surface area contributed by atoms with Gasteiger partial charge in [-0.05, 0) is 85.4 Å². The zero-order valence-corrected chi connectivity index (χ0v) is 30.9. The molecule has 9 aromatic carbocycles. The summed E-state index contributed by atoms with van der Waals surface area (Å²) in [5.74, 6) is 2.46. The molecule has 1 aliphatic rings. The van der Waals surface area contributed by atoms with Crippen molar-refractivity contribution < 1.29 is 4.74 Å². The molecule has 11 rings (SSSR count). The van der Waals surface area contributed by atoms with Crippen LogP contribution < -0.4 is 4.74 Å². The fourth-order valence-corrected chi connectivity index (χ4v) is 8.18. The fraction of sp³-hybridized carbons (Fsp3) is 0. The quantitative estimate of drug-likeness (QED) is 0.171. The first-order chi connectivity index (χ1) is 28.2. The van der Waals surface area contributed by atoms with Crippen LogP contribution in [-0.4, -0.2) is 9.97 Å². The number of rotatable bonds is 6. The van der Waals surface area contributed by atoms with E-state index in [0.717, 1.165) is 61.7 Å². The number of aromatic nitrogens is 2. The topological polar surface area (TPSA) is 35.0 Å². The SMILES string of the molecule is c1ccc(-c2ccc(-c3cc(-c4ccc(-c5ccc6c(c5)-c5cccc7c(-c8ccc9ccccc9c8)ccc(c57)O6)cc4)nc(-c4ccccc4)n3)cc2)cc1. The van der Waals surface area contributed by atoms with Crippen LogP contribution in [0.2, 0.25) is 0 Å². The molecule has 0 bridgehead atoms. The van der Waals surface area contributed by atoms with E-state index < -0.39 is 0 Å². The molecule has 1 aliphatic heterocycles. The average molecular weight is 727 g/mol. The van der Waals surface area contributed by atoms with Crippen molar-refractivity contribution in [3.05, 3.63) is 206 Å². The second-order valence-corrected chi connectivity index (χ2v) is 14.6. The van der Waals surface area contributed by atoms with Crippen molar-refractivity contribution in [2.45, 2.75) is 0 Å². The Morgan fingerprint density at radius 1 is 0.298 bits per heavy atom. The monoisotopic (exact) mass is 726 g/mol. The van der Waals surface area contributed by atoms with Crippen molar-refractivity contribution in [2.75, 3.05) is 0 Å². The van der Waals surface area contributed by atoms with Crippen LogP contribution in [0.5, 0.6) is 11.5 Å². The third-order valence-corrected chi connectivity index (χ3v) is 11.1. The number of hydrogen-bond acceptors (Lipinski definition) is 3. The normalized spacial score (nSPS) is 11.6. The van der Waals surface area contributed by atoms with Gasteiger partial charge in [-0.15, -0.1) is 0 Å². The number of benzene rings is 9. The molecule has 0 spiro atoms. The van der Waals surface area contributed by atoms with Crippen LogP contribution in [-0.2, 0) is 0 Å².